The van der Waals surface area contributed by atoms with E-state index in [-0.39, 0.29) is 5.97 Å². The molecule has 0 saturated heterocycles. The van der Waals surface area contributed by atoms with E-state index in [0.29, 0.717) is 5.56 Å². The lowest BCUT2D eigenvalue weighted by molar-refractivity contribution is 0.0600. The Bertz CT molecular complexity index is 2830. The molecular weight excluding hydrogens is 880 g/mol. The topological polar surface area (TPSA) is 83.7 Å². The van der Waals surface area contributed by atoms with Crippen LogP contribution in [0.3, 0.4) is 0 Å². The number of aromatic amines is 2. The van der Waals surface area contributed by atoms with Crippen LogP contribution < -0.4 is 0 Å². The van der Waals surface area contributed by atoms with Crippen molar-refractivity contribution in [1.29, 1.82) is 0 Å². The lowest BCUT2D eigenvalue weighted by atomic mass is 10.0. The molecule has 4 aromatic carbocycles. The minimum atomic E-state index is -0.389. The zero-order valence-corrected chi connectivity index (χ0v) is 34.0. The molecule has 2 N–H and O–H groups in total. The van der Waals surface area contributed by atoms with Gasteiger partial charge in [0.15, 0.2) is 0 Å². The van der Waals surface area contributed by atoms with Crippen molar-refractivity contribution in [2.24, 2.45) is 0 Å². The summed E-state index contributed by atoms with van der Waals surface area (Å²) in [6.07, 6.45) is 8.32. The van der Waals surface area contributed by atoms with Gasteiger partial charge in [0.1, 0.15) is 0 Å². The van der Waals surface area contributed by atoms with Crippen molar-refractivity contribution in [2.45, 2.75) is 0 Å². The molecule has 9 rings (SSSR count). The number of fused-ring (bicyclic) bond motifs is 8. The van der Waals surface area contributed by atoms with Gasteiger partial charge in [0.2, 0.25) is 0 Å². The number of halogens is 3. The van der Waals surface area contributed by atoms with Gasteiger partial charge in [-0.15, -0.1) is 0 Å². The number of esters is 1. The maximum atomic E-state index is 12.4. The normalized spacial score (nSPS) is 11.9. The zero-order valence-electron chi connectivity index (χ0n) is 29.2. The van der Waals surface area contributed by atoms with E-state index in [1.165, 1.54) is 7.11 Å². The smallest absolute Gasteiger partial charge is 0.337 e. The molecule has 8 bridgehead atoms. The molecule has 3 aromatic heterocycles. The van der Waals surface area contributed by atoms with Crippen molar-refractivity contribution in [1.82, 2.24) is 19.9 Å². The number of ether oxygens (including phenoxy) is 1. The summed E-state index contributed by atoms with van der Waals surface area (Å²) in [5.74, 6) is -0.389. The summed E-state index contributed by atoms with van der Waals surface area (Å²) >= 11 is 10.9. The third-order valence-electron chi connectivity index (χ3n) is 9.75. The molecule has 5 heterocycles. The molecule has 2 aliphatic rings. The van der Waals surface area contributed by atoms with Crippen molar-refractivity contribution >= 4 is 100 Å². The van der Waals surface area contributed by atoms with Crippen molar-refractivity contribution in [3.8, 4) is 44.5 Å². The molecule has 0 aliphatic carbocycles. The molecule has 0 saturated carbocycles. The first-order chi connectivity index (χ1) is 26.8. The van der Waals surface area contributed by atoms with E-state index in [1.54, 1.807) is 12.1 Å². The van der Waals surface area contributed by atoms with Crippen molar-refractivity contribution in [3.63, 3.8) is 0 Å². The third kappa shape index (κ3) is 6.73. The molecule has 0 spiro atoms. The molecule has 0 radical (unpaired) electrons. The van der Waals surface area contributed by atoms with Crippen LogP contribution in [-0.4, -0.2) is 33.0 Å². The largest absolute Gasteiger partial charge is 0.465 e. The van der Waals surface area contributed by atoms with Gasteiger partial charge in [-0.1, -0.05) is 96.3 Å². The van der Waals surface area contributed by atoms with Crippen LogP contribution in [0.2, 0.25) is 0 Å². The number of benzene rings is 4. The van der Waals surface area contributed by atoms with Crippen LogP contribution in [0.15, 0.2) is 135 Å². The maximum Gasteiger partial charge on any atom is 0.337 e. The average Bonchev–Trinajstić information content (AvgIpc) is 4.05. The summed E-state index contributed by atoms with van der Waals surface area (Å²) in [6.45, 7) is 0. The molecule has 0 amide bonds. The number of H-pyrrole nitrogens is 2. The van der Waals surface area contributed by atoms with E-state index in [4.69, 9.17) is 14.7 Å². The molecule has 6 nitrogen and oxygen atoms in total. The number of carbonyl (C=O) groups is 1. The second-order valence-corrected chi connectivity index (χ2v) is 15.8. The summed E-state index contributed by atoms with van der Waals surface area (Å²) in [5.41, 5.74) is 15.1. The van der Waals surface area contributed by atoms with Crippen LogP contribution in [0, 0.1) is 0 Å². The highest BCUT2D eigenvalue weighted by Crippen LogP contribution is 2.39. The van der Waals surface area contributed by atoms with Crippen LogP contribution in [0.1, 0.15) is 33.1 Å². The molecule has 55 heavy (non-hydrogen) atoms. The molecular formula is C46H29Br3N4O2. The maximum absolute atomic E-state index is 12.4. The zero-order chi connectivity index (χ0) is 37.6. The van der Waals surface area contributed by atoms with Crippen molar-refractivity contribution < 1.29 is 9.53 Å². The quantitative estimate of drug-likeness (QED) is 0.169. The van der Waals surface area contributed by atoms with E-state index in [9.17, 15) is 4.79 Å². The monoisotopic (exact) mass is 906 g/mol. The fraction of sp³-hybridized carbons (Fsp3) is 0.0217. The second-order valence-electron chi connectivity index (χ2n) is 13.1. The number of rotatable bonds is 5. The van der Waals surface area contributed by atoms with Gasteiger partial charge in [-0.3, -0.25) is 0 Å². The van der Waals surface area contributed by atoms with Gasteiger partial charge in [0.25, 0.3) is 0 Å². The summed E-state index contributed by atoms with van der Waals surface area (Å²) in [7, 11) is 1.39. The Morgan fingerprint density at radius 1 is 0.436 bits per heavy atom. The first kappa shape index (κ1) is 35.1. The van der Waals surface area contributed by atoms with E-state index in [1.807, 2.05) is 36.4 Å². The molecule has 9 heteroatoms. The van der Waals surface area contributed by atoms with Gasteiger partial charge in [0.05, 0.1) is 35.4 Å². The average molecular weight is 909 g/mol. The number of nitrogens with one attached hydrogen (secondary N) is 2. The number of aromatic nitrogens is 4. The Morgan fingerprint density at radius 3 is 0.982 bits per heavy atom. The number of hydrogen-bond acceptors (Lipinski definition) is 4. The Labute approximate surface area is 342 Å². The molecule has 0 atom stereocenters. The van der Waals surface area contributed by atoms with Gasteiger partial charge >= 0.3 is 5.97 Å². The van der Waals surface area contributed by atoms with E-state index < -0.39 is 0 Å². The molecule has 0 fully saturated rings. The van der Waals surface area contributed by atoms with Crippen molar-refractivity contribution in [3.05, 3.63) is 163 Å². The van der Waals surface area contributed by atoms with Gasteiger partial charge in [-0.05, 0) is 119 Å². The number of methoxy groups -OCH3 is 1. The highest BCUT2D eigenvalue weighted by Gasteiger charge is 2.19. The fourth-order valence-electron chi connectivity index (χ4n) is 7.16. The predicted octanol–water partition coefficient (Wildman–Crippen LogP) is 13.4. The predicted molar refractivity (Wildman–Crippen MR) is 235 cm³/mol. The minimum absolute atomic E-state index is 0.389. The van der Waals surface area contributed by atoms with Crippen LogP contribution in [-0.2, 0) is 4.74 Å². The van der Waals surface area contributed by atoms with E-state index in [0.717, 1.165) is 103 Å². The van der Waals surface area contributed by atoms with Crippen molar-refractivity contribution in [2.75, 3.05) is 7.11 Å². The van der Waals surface area contributed by atoms with Crippen LogP contribution in [0.5, 0.6) is 0 Å². The lowest BCUT2D eigenvalue weighted by Crippen LogP contribution is -2.00. The van der Waals surface area contributed by atoms with E-state index >= 15 is 0 Å². The third-order valence-corrected chi connectivity index (χ3v) is 11.3. The van der Waals surface area contributed by atoms with Gasteiger partial charge in [0, 0.05) is 57.7 Å². The summed E-state index contributed by atoms with van der Waals surface area (Å²) in [4.78, 5) is 30.7. The highest BCUT2D eigenvalue weighted by atomic mass is 79.9. The molecule has 2 aliphatic heterocycles. The van der Waals surface area contributed by atoms with Crippen LogP contribution in [0.25, 0.3) is 90.9 Å². The highest BCUT2D eigenvalue weighted by molar-refractivity contribution is 9.11. The number of carbonyl (C=O) groups excluding carboxylic acids is 1. The van der Waals surface area contributed by atoms with Crippen LogP contribution in [0.4, 0.5) is 0 Å². The SMILES string of the molecule is COC(=O)c1ccc(-c2c3nc(c(-c4ccc(Br)cc4)c4ccc([nH]4)c(-c4ccc(Br)cc4)c4nc(c(-c5ccc(Br)cc5)c5ccc2[nH]5)C=C4)C=C3)cc1. The standard InChI is InChI=1S/C46H29Br3N4O2/c1-55-46(54)30-4-2-26(3-5-30)42-34-18-20-36(50-34)43(27-6-12-31(47)13-7-27)38-22-24-40(52-38)45(29-10-16-33(49)17-11-29)41-25-23-39(53-41)44(37-21-19-35(42)51-37)28-8-14-32(48)15-9-28/h2-25,50,53H,1H3. The van der Waals surface area contributed by atoms with Crippen LogP contribution >= 0.6 is 47.8 Å². The first-order valence-corrected chi connectivity index (χ1v) is 19.8. The second kappa shape index (κ2) is 14.6. The van der Waals surface area contributed by atoms with Gasteiger partial charge in [-0.25, -0.2) is 14.8 Å². The number of nitrogens with zero attached hydrogens (tertiary/aromatic N) is 2. The number of hydrogen-bond donors (Lipinski definition) is 2. The fourth-order valence-corrected chi connectivity index (χ4v) is 7.95. The van der Waals surface area contributed by atoms with Gasteiger partial charge < -0.3 is 14.7 Å². The summed E-state index contributed by atoms with van der Waals surface area (Å²) in [5, 5.41) is 0. The van der Waals surface area contributed by atoms with E-state index in [2.05, 4.69) is 155 Å². The Hall–Kier alpha value is -5.61. The molecule has 0 unspecified atom stereocenters. The Balaban J connectivity index is 1.44. The minimum Gasteiger partial charge on any atom is -0.465 e. The molecule has 266 valence electrons. The van der Waals surface area contributed by atoms with Gasteiger partial charge in [-0.2, -0.15) is 0 Å². The molecule has 7 aromatic rings. The summed E-state index contributed by atoms with van der Waals surface area (Å²) < 4.78 is 7.98. The Kier molecular flexibility index (Phi) is 9.30. The first-order valence-electron chi connectivity index (χ1n) is 17.5. The summed E-state index contributed by atoms with van der Waals surface area (Å²) in [6, 6.07) is 40.8. The Morgan fingerprint density at radius 2 is 0.709 bits per heavy atom. The lowest BCUT2D eigenvalue weighted by Gasteiger charge is -2.07.